The third-order valence-electron chi connectivity index (χ3n) is 6.18. The van der Waals surface area contributed by atoms with Gasteiger partial charge in [0.25, 0.3) is 0 Å². The van der Waals surface area contributed by atoms with Crippen LogP contribution in [-0.2, 0) is 4.79 Å². The molecule has 1 aromatic carbocycles. The van der Waals surface area contributed by atoms with Gasteiger partial charge in [-0.05, 0) is 37.1 Å². The van der Waals surface area contributed by atoms with Gasteiger partial charge in [0.1, 0.15) is 12.2 Å². The number of benzene rings is 1. The van der Waals surface area contributed by atoms with Crippen LogP contribution in [0.15, 0.2) is 34.9 Å². The molecular formula is C23H26ClN7O3S2. The predicted molar refractivity (Wildman–Crippen MR) is 142 cm³/mol. The molecule has 1 saturated carbocycles. The van der Waals surface area contributed by atoms with E-state index in [0.717, 1.165) is 20.3 Å². The van der Waals surface area contributed by atoms with E-state index in [9.17, 15) is 15.0 Å². The summed E-state index contributed by atoms with van der Waals surface area (Å²) in [6, 6.07) is 6.99. The Kier molecular flexibility index (Phi) is 7.31. The van der Waals surface area contributed by atoms with Crippen LogP contribution in [-0.4, -0.2) is 70.7 Å². The smallest absolute Gasteiger partial charge is 0.226 e. The number of anilines is 1. The fraction of sp³-hybridized carbons (Fsp3) is 0.435. The van der Waals surface area contributed by atoms with Crippen LogP contribution >= 0.6 is 34.7 Å². The zero-order chi connectivity index (χ0) is 25.4. The van der Waals surface area contributed by atoms with E-state index in [1.807, 2.05) is 25.1 Å². The maximum absolute atomic E-state index is 11.8. The van der Waals surface area contributed by atoms with Crippen LogP contribution in [0.25, 0.3) is 21.4 Å². The van der Waals surface area contributed by atoms with Crippen LogP contribution in [0.2, 0.25) is 5.28 Å². The Bertz CT molecular complexity index is 1360. The molecule has 0 unspecified atom stereocenters. The van der Waals surface area contributed by atoms with Crippen molar-refractivity contribution in [3.8, 4) is 0 Å². The number of aliphatic hydroxyl groups excluding tert-OH is 2. The summed E-state index contributed by atoms with van der Waals surface area (Å²) in [6.07, 6.45) is -0.00700. The standard InChI is InChI=1S/C23H26ClN7O3S2/c1-3-16(32)27-13-8-14(19(34)18(13)33)31-10-25-17-20(29-22(24)30-21(17)31)26-11(2)9-35-23-28-12-6-4-5-7-15(12)36-23/h4-7,10-11,13-14,18-19,33-34H,3,8-9H2,1-2H3,(H,27,32)(H,26,29,30)/t11-,13+,14-,18-,19+/m1/s1. The molecule has 0 spiro atoms. The number of aliphatic hydroxyl groups is 2. The zero-order valence-corrected chi connectivity index (χ0v) is 22.0. The molecular weight excluding hydrogens is 522 g/mol. The predicted octanol–water partition coefficient (Wildman–Crippen LogP) is 3.24. The van der Waals surface area contributed by atoms with Gasteiger partial charge >= 0.3 is 0 Å². The Morgan fingerprint density at radius 2 is 2.08 bits per heavy atom. The van der Waals surface area contributed by atoms with Crippen molar-refractivity contribution in [3.05, 3.63) is 35.9 Å². The Morgan fingerprint density at radius 1 is 1.28 bits per heavy atom. The van der Waals surface area contributed by atoms with E-state index in [1.165, 1.54) is 0 Å². The van der Waals surface area contributed by atoms with Crippen LogP contribution in [0.3, 0.4) is 0 Å². The number of hydrogen-bond donors (Lipinski definition) is 4. The lowest BCUT2D eigenvalue weighted by Crippen LogP contribution is -2.42. The normalized spacial score (nSPS) is 22.8. The van der Waals surface area contributed by atoms with Gasteiger partial charge in [0, 0.05) is 18.2 Å². The second-order valence-electron chi connectivity index (χ2n) is 8.78. The van der Waals surface area contributed by atoms with E-state index in [2.05, 4.69) is 36.6 Å². The number of fused-ring (bicyclic) bond motifs is 2. The summed E-state index contributed by atoms with van der Waals surface area (Å²) in [4.78, 5) is 29.7. The minimum Gasteiger partial charge on any atom is -0.388 e. The zero-order valence-electron chi connectivity index (χ0n) is 19.6. The van der Waals surface area contributed by atoms with Crippen molar-refractivity contribution < 1.29 is 15.0 Å². The Balaban J connectivity index is 1.32. The second kappa shape index (κ2) is 10.5. The van der Waals surface area contributed by atoms with Crippen LogP contribution in [0, 0.1) is 0 Å². The van der Waals surface area contributed by atoms with Gasteiger partial charge in [-0.15, -0.1) is 11.3 Å². The average molecular weight is 548 g/mol. The number of hydrogen-bond acceptors (Lipinski definition) is 10. The number of thiazole rings is 1. The van der Waals surface area contributed by atoms with E-state index in [-0.39, 0.29) is 17.2 Å². The minimum atomic E-state index is -1.10. The number of halogens is 1. The summed E-state index contributed by atoms with van der Waals surface area (Å²) >= 11 is 9.58. The highest BCUT2D eigenvalue weighted by molar-refractivity contribution is 8.01. The monoisotopic (exact) mass is 547 g/mol. The lowest BCUT2D eigenvalue weighted by atomic mass is 10.2. The minimum absolute atomic E-state index is 0.0221. The molecule has 3 heterocycles. The number of rotatable bonds is 8. The number of amides is 1. The lowest BCUT2D eigenvalue weighted by Gasteiger charge is -2.18. The topological polar surface area (TPSA) is 138 Å². The molecule has 1 fully saturated rings. The average Bonchev–Trinajstić information content (AvgIpc) is 3.54. The van der Waals surface area contributed by atoms with E-state index in [4.69, 9.17) is 11.6 Å². The SMILES string of the molecule is CCC(=O)N[C@H]1C[C@@H](n2cnc3c(N[C@H](C)CSc4nc5ccccc5s4)nc(Cl)nc32)[C@H](O)[C@@H]1O. The highest BCUT2D eigenvalue weighted by Crippen LogP contribution is 2.35. The lowest BCUT2D eigenvalue weighted by molar-refractivity contribution is -0.122. The fourth-order valence-corrected chi connectivity index (χ4v) is 6.56. The van der Waals surface area contributed by atoms with E-state index in [1.54, 1.807) is 40.9 Å². The first kappa shape index (κ1) is 25.2. The summed E-state index contributed by atoms with van der Waals surface area (Å²) in [5.74, 6) is 1.05. The van der Waals surface area contributed by atoms with Gasteiger partial charge in [0.15, 0.2) is 21.3 Å². The molecule has 4 N–H and O–H groups in total. The highest BCUT2D eigenvalue weighted by Gasteiger charge is 2.43. The highest BCUT2D eigenvalue weighted by atomic mass is 35.5. The largest absolute Gasteiger partial charge is 0.388 e. The number of nitrogens with zero attached hydrogens (tertiary/aromatic N) is 5. The Labute approximate surface area is 220 Å². The van der Waals surface area contributed by atoms with E-state index >= 15 is 0 Å². The van der Waals surface area contributed by atoms with Crippen molar-refractivity contribution in [2.45, 2.75) is 61.4 Å². The van der Waals surface area contributed by atoms with Crippen molar-refractivity contribution in [3.63, 3.8) is 0 Å². The molecule has 36 heavy (non-hydrogen) atoms. The molecule has 5 atom stereocenters. The molecule has 13 heteroatoms. The molecule has 0 radical (unpaired) electrons. The van der Waals surface area contributed by atoms with Crippen LogP contribution < -0.4 is 10.6 Å². The summed E-state index contributed by atoms with van der Waals surface area (Å²) in [5.41, 5.74) is 1.96. The molecule has 1 amide bonds. The maximum Gasteiger partial charge on any atom is 0.226 e. The third-order valence-corrected chi connectivity index (χ3v) is 8.79. The summed E-state index contributed by atoms with van der Waals surface area (Å²) in [7, 11) is 0. The van der Waals surface area contributed by atoms with E-state index in [0.29, 0.717) is 29.8 Å². The van der Waals surface area contributed by atoms with E-state index < -0.39 is 24.3 Å². The summed E-state index contributed by atoms with van der Waals surface area (Å²) in [5, 5.41) is 27.4. The molecule has 10 nitrogen and oxygen atoms in total. The fourth-order valence-electron chi connectivity index (χ4n) is 4.35. The summed E-state index contributed by atoms with van der Waals surface area (Å²) < 4.78 is 3.85. The van der Waals surface area contributed by atoms with Crippen molar-refractivity contribution >= 4 is 67.8 Å². The molecule has 1 aliphatic rings. The number of aromatic nitrogens is 5. The molecule has 5 rings (SSSR count). The molecule has 4 aromatic rings. The van der Waals surface area contributed by atoms with Crippen molar-refractivity contribution in [2.24, 2.45) is 0 Å². The van der Waals surface area contributed by atoms with Crippen LogP contribution in [0.1, 0.15) is 32.7 Å². The first-order valence-corrected chi connectivity index (χ1v) is 13.8. The quantitative estimate of drug-likeness (QED) is 0.193. The van der Waals surface area contributed by atoms with Gasteiger partial charge in [-0.1, -0.05) is 30.8 Å². The molecule has 1 aliphatic carbocycles. The van der Waals surface area contributed by atoms with Crippen molar-refractivity contribution in [1.82, 2.24) is 29.8 Å². The first-order chi connectivity index (χ1) is 17.3. The number of carbonyl (C=O) groups is 1. The third kappa shape index (κ3) is 5.00. The summed E-state index contributed by atoms with van der Waals surface area (Å²) in [6.45, 7) is 3.77. The van der Waals surface area contributed by atoms with Gasteiger partial charge in [-0.2, -0.15) is 9.97 Å². The molecule has 0 saturated heterocycles. The molecule has 0 bridgehead atoms. The Hall–Kier alpha value is -2.51. The van der Waals surface area contributed by atoms with Gasteiger partial charge in [-0.25, -0.2) is 9.97 Å². The van der Waals surface area contributed by atoms with Crippen LogP contribution in [0.5, 0.6) is 0 Å². The van der Waals surface area contributed by atoms with Crippen molar-refractivity contribution in [1.29, 1.82) is 0 Å². The first-order valence-electron chi connectivity index (χ1n) is 11.6. The number of thioether (sulfide) groups is 1. The van der Waals surface area contributed by atoms with Gasteiger partial charge in [0.2, 0.25) is 11.2 Å². The Morgan fingerprint density at radius 3 is 2.86 bits per heavy atom. The van der Waals surface area contributed by atoms with Crippen molar-refractivity contribution in [2.75, 3.05) is 11.1 Å². The number of imidazole rings is 1. The second-order valence-corrected chi connectivity index (χ2v) is 11.4. The van der Waals surface area contributed by atoms with Gasteiger partial charge < -0.3 is 25.4 Å². The molecule has 190 valence electrons. The number of nitrogens with one attached hydrogen (secondary N) is 2. The molecule has 0 aliphatic heterocycles. The number of para-hydroxylation sites is 1. The van der Waals surface area contributed by atoms with Crippen LogP contribution in [0.4, 0.5) is 5.82 Å². The number of carbonyl (C=O) groups excluding carboxylic acids is 1. The molecule has 3 aromatic heterocycles. The van der Waals surface area contributed by atoms with Gasteiger partial charge in [-0.3, -0.25) is 4.79 Å². The van der Waals surface area contributed by atoms with Gasteiger partial charge in [0.05, 0.1) is 28.6 Å². The maximum atomic E-state index is 11.8.